The van der Waals surface area contributed by atoms with Gasteiger partial charge in [0, 0.05) is 23.8 Å². The summed E-state index contributed by atoms with van der Waals surface area (Å²) in [5.41, 5.74) is 1.15. The first-order valence-electron chi connectivity index (χ1n) is 8.21. The van der Waals surface area contributed by atoms with Crippen molar-refractivity contribution in [3.8, 4) is 11.9 Å². The van der Waals surface area contributed by atoms with E-state index in [0.717, 1.165) is 6.42 Å². The molecule has 2 aromatic rings. The van der Waals surface area contributed by atoms with Crippen LogP contribution in [0.15, 0.2) is 42.6 Å². The number of hydrogen-bond donors (Lipinski definition) is 0. The predicted octanol–water partition coefficient (Wildman–Crippen LogP) is 2.98. The molecule has 136 valence electrons. The van der Waals surface area contributed by atoms with Crippen molar-refractivity contribution in [3.63, 3.8) is 0 Å². The summed E-state index contributed by atoms with van der Waals surface area (Å²) in [5, 5.41) is 9.52. The van der Waals surface area contributed by atoms with Crippen molar-refractivity contribution in [2.45, 2.75) is 24.7 Å². The fraction of sp³-hybridized carbons (Fsp3) is 0.333. The topological polar surface area (TPSA) is 83.3 Å². The van der Waals surface area contributed by atoms with Gasteiger partial charge in [-0.25, -0.2) is 13.4 Å². The summed E-state index contributed by atoms with van der Waals surface area (Å²) in [6, 6.07) is 12.0. The van der Waals surface area contributed by atoms with Crippen LogP contribution in [0.1, 0.15) is 24.0 Å². The number of rotatable bonds is 5. The van der Waals surface area contributed by atoms with Gasteiger partial charge in [-0.3, -0.25) is 0 Å². The Morgan fingerprint density at radius 1 is 1.31 bits per heavy atom. The van der Waals surface area contributed by atoms with Crippen LogP contribution in [0.5, 0.6) is 5.88 Å². The second-order valence-corrected chi connectivity index (χ2v) is 8.52. The summed E-state index contributed by atoms with van der Waals surface area (Å²) < 4.78 is 32.7. The number of piperidine rings is 1. The Bertz CT molecular complexity index is 910. The third kappa shape index (κ3) is 4.73. The standard InChI is InChI=1S/C18H18ClN3O3S/c19-16-5-3-14(4-6-16)13-26(23,24)22-9-1-2-17(12-22)25-18-10-15(11-20)7-8-21-18/h3-8,10,17H,1-2,9,12-13H2. The Kier molecular flexibility index (Phi) is 5.77. The Morgan fingerprint density at radius 3 is 2.81 bits per heavy atom. The van der Waals surface area contributed by atoms with Gasteiger partial charge in [-0.15, -0.1) is 0 Å². The second kappa shape index (κ2) is 8.04. The third-order valence-electron chi connectivity index (χ3n) is 4.15. The lowest BCUT2D eigenvalue weighted by Crippen LogP contribution is -2.44. The molecule has 0 aliphatic carbocycles. The van der Waals surface area contributed by atoms with Gasteiger partial charge >= 0.3 is 0 Å². The number of nitrogens with zero attached hydrogens (tertiary/aromatic N) is 3. The first kappa shape index (κ1) is 18.6. The molecule has 0 spiro atoms. The molecule has 1 aliphatic heterocycles. The van der Waals surface area contributed by atoms with E-state index in [1.165, 1.54) is 10.5 Å². The molecule has 1 aromatic heterocycles. The highest BCUT2D eigenvalue weighted by Crippen LogP contribution is 2.22. The molecule has 0 radical (unpaired) electrons. The molecule has 0 N–H and O–H groups in total. The van der Waals surface area contributed by atoms with Crippen molar-refractivity contribution in [2.75, 3.05) is 13.1 Å². The Morgan fingerprint density at radius 2 is 2.08 bits per heavy atom. The van der Waals surface area contributed by atoms with Crippen LogP contribution < -0.4 is 4.74 Å². The largest absolute Gasteiger partial charge is 0.473 e. The fourth-order valence-electron chi connectivity index (χ4n) is 2.85. The van der Waals surface area contributed by atoms with Crippen LogP contribution in [0.2, 0.25) is 5.02 Å². The molecular formula is C18H18ClN3O3S. The van der Waals surface area contributed by atoms with E-state index >= 15 is 0 Å². The minimum absolute atomic E-state index is 0.0704. The lowest BCUT2D eigenvalue weighted by atomic mass is 10.1. The van der Waals surface area contributed by atoms with E-state index in [4.69, 9.17) is 21.6 Å². The number of ether oxygens (including phenoxy) is 1. The molecule has 26 heavy (non-hydrogen) atoms. The smallest absolute Gasteiger partial charge is 0.218 e. The van der Waals surface area contributed by atoms with Crippen LogP contribution in [0.4, 0.5) is 0 Å². The van der Waals surface area contributed by atoms with E-state index in [1.54, 1.807) is 36.4 Å². The van der Waals surface area contributed by atoms with Crippen molar-refractivity contribution in [1.29, 1.82) is 5.26 Å². The monoisotopic (exact) mass is 391 g/mol. The maximum atomic E-state index is 12.7. The molecule has 0 bridgehead atoms. The summed E-state index contributed by atoms with van der Waals surface area (Å²) in [7, 11) is -3.45. The zero-order chi connectivity index (χ0) is 18.6. The van der Waals surface area contributed by atoms with Gasteiger partial charge in [-0.1, -0.05) is 23.7 Å². The van der Waals surface area contributed by atoms with E-state index in [2.05, 4.69) is 4.98 Å². The van der Waals surface area contributed by atoms with E-state index in [0.29, 0.717) is 35.0 Å². The number of sulfonamides is 1. The van der Waals surface area contributed by atoms with Crippen molar-refractivity contribution in [2.24, 2.45) is 0 Å². The van der Waals surface area contributed by atoms with Crippen LogP contribution in [0.3, 0.4) is 0 Å². The molecule has 1 atom stereocenters. The van der Waals surface area contributed by atoms with Gasteiger partial charge in [0.1, 0.15) is 6.10 Å². The molecule has 1 fully saturated rings. The molecule has 8 heteroatoms. The van der Waals surface area contributed by atoms with Crippen molar-refractivity contribution in [3.05, 3.63) is 58.7 Å². The molecule has 1 unspecified atom stereocenters. The SMILES string of the molecule is N#Cc1ccnc(OC2CCCN(S(=O)(=O)Cc3ccc(Cl)cc3)C2)c1. The lowest BCUT2D eigenvalue weighted by Gasteiger charge is -2.31. The minimum Gasteiger partial charge on any atom is -0.473 e. The first-order chi connectivity index (χ1) is 12.5. The normalized spacial score (nSPS) is 18.2. The van der Waals surface area contributed by atoms with E-state index in [1.807, 2.05) is 6.07 Å². The third-order valence-corrected chi connectivity index (χ3v) is 6.22. The number of hydrogen-bond acceptors (Lipinski definition) is 5. The second-order valence-electron chi connectivity index (χ2n) is 6.12. The number of pyridine rings is 1. The highest BCUT2D eigenvalue weighted by Gasteiger charge is 2.30. The number of aromatic nitrogens is 1. The predicted molar refractivity (Wildman–Crippen MR) is 98.3 cm³/mol. The Hall–Kier alpha value is -2.14. The molecule has 1 aromatic carbocycles. The van der Waals surface area contributed by atoms with Crippen LogP contribution in [0, 0.1) is 11.3 Å². The molecule has 2 heterocycles. The van der Waals surface area contributed by atoms with E-state index in [-0.39, 0.29) is 18.4 Å². The maximum Gasteiger partial charge on any atom is 0.218 e. The summed E-state index contributed by atoms with van der Waals surface area (Å²) in [6.45, 7) is 0.746. The van der Waals surface area contributed by atoms with Gasteiger partial charge in [0.15, 0.2) is 0 Å². The Balaban J connectivity index is 1.67. The average molecular weight is 392 g/mol. The molecule has 0 saturated carbocycles. The summed E-state index contributed by atoms with van der Waals surface area (Å²) in [5.74, 6) is 0.269. The summed E-state index contributed by atoms with van der Waals surface area (Å²) in [6.07, 6.45) is 2.67. The first-order valence-corrected chi connectivity index (χ1v) is 10.2. The average Bonchev–Trinajstić information content (AvgIpc) is 2.64. The van der Waals surface area contributed by atoms with E-state index < -0.39 is 10.0 Å². The van der Waals surface area contributed by atoms with E-state index in [9.17, 15) is 8.42 Å². The zero-order valence-corrected chi connectivity index (χ0v) is 15.6. The molecule has 1 saturated heterocycles. The van der Waals surface area contributed by atoms with Gasteiger partial charge in [0.25, 0.3) is 0 Å². The van der Waals surface area contributed by atoms with Gasteiger partial charge in [-0.2, -0.15) is 9.57 Å². The number of nitriles is 1. The summed E-state index contributed by atoms with van der Waals surface area (Å²) in [4.78, 5) is 4.09. The van der Waals surface area contributed by atoms with Gasteiger partial charge in [0.05, 0.1) is 23.9 Å². The molecule has 6 nitrogen and oxygen atoms in total. The van der Waals surface area contributed by atoms with Crippen LogP contribution >= 0.6 is 11.6 Å². The maximum absolute atomic E-state index is 12.7. The van der Waals surface area contributed by atoms with Gasteiger partial charge in [-0.05, 0) is 36.6 Å². The minimum atomic E-state index is -3.45. The van der Waals surface area contributed by atoms with Crippen LogP contribution in [-0.4, -0.2) is 36.9 Å². The lowest BCUT2D eigenvalue weighted by molar-refractivity contribution is 0.124. The highest BCUT2D eigenvalue weighted by molar-refractivity contribution is 7.88. The fourth-order valence-corrected chi connectivity index (χ4v) is 4.57. The van der Waals surface area contributed by atoms with Crippen molar-refractivity contribution in [1.82, 2.24) is 9.29 Å². The summed E-state index contributed by atoms with van der Waals surface area (Å²) >= 11 is 5.85. The molecule has 1 aliphatic rings. The highest BCUT2D eigenvalue weighted by atomic mass is 35.5. The van der Waals surface area contributed by atoms with Crippen LogP contribution in [0.25, 0.3) is 0 Å². The molecule has 3 rings (SSSR count). The van der Waals surface area contributed by atoms with Crippen molar-refractivity contribution >= 4 is 21.6 Å². The van der Waals surface area contributed by atoms with Crippen LogP contribution in [-0.2, 0) is 15.8 Å². The number of halogens is 1. The van der Waals surface area contributed by atoms with Crippen molar-refractivity contribution < 1.29 is 13.2 Å². The molecular weight excluding hydrogens is 374 g/mol. The quantitative estimate of drug-likeness (QED) is 0.782. The number of benzene rings is 1. The Labute approximate surface area is 158 Å². The molecule has 0 amide bonds. The van der Waals surface area contributed by atoms with Gasteiger partial charge in [0.2, 0.25) is 15.9 Å². The van der Waals surface area contributed by atoms with Gasteiger partial charge < -0.3 is 4.74 Å². The zero-order valence-electron chi connectivity index (χ0n) is 14.0.